The molecule has 1 amide bonds. The summed E-state index contributed by atoms with van der Waals surface area (Å²) >= 11 is 0. The molecule has 2 atom stereocenters. The minimum absolute atomic E-state index is 0.291. The van der Waals surface area contributed by atoms with Crippen LogP contribution in [0.5, 0.6) is 0 Å². The number of benzene rings is 1. The van der Waals surface area contributed by atoms with Crippen molar-refractivity contribution in [2.75, 3.05) is 0 Å². The minimum Gasteiger partial charge on any atom is -0.390 e. The number of fused-ring (bicyclic) bond motifs is 1. The van der Waals surface area contributed by atoms with Crippen LogP contribution in [-0.2, 0) is 6.42 Å². The van der Waals surface area contributed by atoms with E-state index in [2.05, 4.69) is 15.4 Å². The van der Waals surface area contributed by atoms with Gasteiger partial charge in [-0.25, -0.2) is 9.67 Å². The third-order valence-electron chi connectivity index (χ3n) is 4.20. The van der Waals surface area contributed by atoms with Crippen LogP contribution in [-0.4, -0.2) is 31.9 Å². The molecule has 120 valence electrons. The normalized spacial score (nSPS) is 19.0. The van der Waals surface area contributed by atoms with Crippen LogP contribution in [0.4, 0.5) is 0 Å². The number of carbonyl (C=O) groups excluding carboxylic acids is 1. The van der Waals surface area contributed by atoms with Crippen molar-refractivity contribution >= 4 is 5.91 Å². The van der Waals surface area contributed by atoms with Crippen molar-refractivity contribution < 1.29 is 9.90 Å². The molecule has 0 unspecified atom stereocenters. The Bertz CT molecular complexity index is 876. The van der Waals surface area contributed by atoms with Gasteiger partial charge < -0.3 is 10.4 Å². The predicted molar refractivity (Wildman–Crippen MR) is 87.7 cm³/mol. The molecule has 3 aromatic rings. The van der Waals surface area contributed by atoms with Crippen molar-refractivity contribution in [1.29, 1.82) is 0 Å². The molecule has 1 aliphatic rings. The molecule has 0 radical (unpaired) electrons. The number of pyridine rings is 1. The standard InChI is InChI=1S/C18H16N4O2/c23-15-11-12-5-1-2-6-13(12)17(15)21-18(24)14-7-3-8-16(20-14)22-10-4-9-19-22/h1-10,15,17,23H,11H2,(H,21,24)/t15-,17+/m1/s1. The summed E-state index contributed by atoms with van der Waals surface area (Å²) in [5.41, 5.74) is 2.31. The quantitative estimate of drug-likeness (QED) is 0.769. The fraction of sp³-hybridized carbons (Fsp3) is 0.167. The van der Waals surface area contributed by atoms with Crippen molar-refractivity contribution in [3.05, 3.63) is 77.7 Å². The SMILES string of the molecule is O=C(N[C@H]1c2ccccc2C[C@H]1O)c1cccc(-n2cccn2)n1. The Balaban J connectivity index is 1.58. The second-order valence-corrected chi connectivity index (χ2v) is 5.75. The first-order valence-electron chi connectivity index (χ1n) is 7.76. The van der Waals surface area contributed by atoms with Crippen LogP contribution in [0.3, 0.4) is 0 Å². The number of rotatable bonds is 3. The average Bonchev–Trinajstić information content (AvgIpc) is 3.24. The van der Waals surface area contributed by atoms with Crippen LogP contribution in [0.1, 0.15) is 27.7 Å². The highest BCUT2D eigenvalue weighted by Gasteiger charge is 2.32. The zero-order valence-corrected chi connectivity index (χ0v) is 12.8. The number of aromatic nitrogens is 3. The van der Waals surface area contributed by atoms with E-state index in [4.69, 9.17) is 0 Å². The summed E-state index contributed by atoms with van der Waals surface area (Å²) in [6, 6.07) is 14.3. The number of hydrogen-bond acceptors (Lipinski definition) is 4. The van der Waals surface area contributed by atoms with Gasteiger partial charge in [-0.2, -0.15) is 5.10 Å². The van der Waals surface area contributed by atoms with Crippen molar-refractivity contribution in [2.24, 2.45) is 0 Å². The highest BCUT2D eigenvalue weighted by atomic mass is 16.3. The van der Waals surface area contributed by atoms with Gasteiger partial charge in [0.1, 0.15) is 5.69 Å². The minimum atomic E-state index is -0.624. The maximum Gasteiger partial charge on any atom is 0.270 e. The molecule has 2 aromatic heterocycles. The van der Waals surface area contributed by atoms with Gasteiger partial charge in [0.25, 0.3) is 5.91 Å². The Kier molecular flexibility index (Phi) is 3.59. The molecule has 0 spiro atoms. The summed E-state index contributed by atoms with van der Waals surface area (Å²) in [5.74, 6) is 0.254. The molecule has 6 heteroatoms. The fourth-order valence-corrected chi connectivity index (χ4v) is 3.04. The van der Waals surface area contributed by atoms with E-state index in [0.717, 1.165) is 11.1 Å². The Morgan fingerprint density at radius 3 is 2.88 bits per heavy atom. The summed E-state index contributed by atoms with van der Waals surface area (Å²) < 4.78 is 1.59. The Morgan fingerprint density at radius 1 is 1.17 bits per heavy atom. The first-order valence-corrected chi connectivity index (χ1v) is 7.76. The third kappa shape index (κ3) is 2.57. The molecular weight excluding hydrogens is 304 g/mol. The maximum absolute atomic E-state index is 12.6. The Labute approximate surface area is 138 Å². The predicted octanol–water partition coefficient (Wildman–Crippen LogP) is 1.66. The molecule has 0 saturated heterocycles. The molecule has 2 heterocycles. The lowest BCUT2D eigenvalue weighted by Crippen LogP contribution is -2.34. The number of hydrogen-bond donors (Lipinski definition) is 2. The van der Waals surface area contributed by atoms with E-state index < -0.39 is 12.1 Å². The van der Waals surface area contributed by atoms with Crippen LogP contribution >= 0.6 is 0 Å². The molecule has 0 fully saturated rings. The molecular formula is C18H16N4O2. The molecule has 0 saturated carbocycles. The van der Waals surface area contributed by atoms with E-state index in [1.807, 2.05) is 24.3 Å². The highest BCUT2D eigenvalue weighted by molar-refractivity contribution is 5.92. The Morgan fingerprint density at radius 2 is 2.04 bits per heavy atom. The molecule has 1 aliphatic carbocycles. The van der Waals surface area contributed by atoms with E-state index in [1.54, 1.807) is 41.3 Å². The Hall–Kier alpha value is -2.99. The number of aliphatic hydroxyl groups excluding tert-OH is 1. The van der Waals surface area contributed by atoms with Crippen molar-refractivity contribution in [3.8, 4) is 5.82 Å². The van der Waals surface area contributed by atoms with Crippen LogP contribution in [0.2, 0.25) is 0 Å². The topological polar surface area (TPSA) is 80.0 Å². The van der Waals surface area contributed by atoms with Crippen molar-refractivity contribution in [1.82, 2.24) is 20.1 Å². The molecule has 0 bridgehead atoms. The first-order chi connectivity index (χ1) is 11.7. The summed E-state index contributed by atoms with van der Waals surface area (Å²) in [4.78, 5) is 16.9. The largest absolute Gasteiger partial charge is 0.390 e. The van der Waals surface area contributed by atoms with Crippen molar-refractivity contribution in [3.63, 3.8) is 0 Å². The van der Waals surface area contributed by atoms with E-state index in [-0.39, 0.29) is 5.91 Å². The molecule has 2 N–H and O–H groups in total. The monoisotopic (exact) mass is 320 g/mol. The van der Waals surface area contributed by atoms with E-state index in [9.17, 15) is 9.90 Å². The van der Waals surface area contributed by atoms with Gasteiger partial charge in [-0.3, -0.25) is 4.79 Å². The maximum atomic E-state index is 12.6. The van der Waals surface area contributed by atoms with Gasteiger partial charge in [0.2, 0.25) is 0 Å². The summed E-state index contributed by atoms with van der Waals surface area (Å²) in [5, 5.41) is 17.3. The van der Waals surface area contributed by atoms with Gasteiger partial charge >= 0.3 is 0 Å². The third-order valence-corrected chi connectivity index (χ3v) is 4.20. The van der Waals surface area contributed by atoms with Gasteiger partial charge in [-0.1, -0.05) is 30.3 Å². The smallest absolute Gasteiger partial charge is 0.270 e. The van der Waals surface area contributed by atoms with Crippen LogP contribution in [0, 0.1) is 0 Å². The number of amides is 1. The number of carbonyl (C=O) groups is 1. The zero-order valence-electron chi connectivity index (χ0n) is 12.8. The molecule has 4 rings (SSSR count). The van der Waals surface area contributed by atoms with Crippen LogP contribution in [0.15, 0.2) is 60.9 Å². The van der Waals surface area contributed by atoms with E-state index in [1.165, 1.54) is 0 Å². The average molecular weight is 320 g/mol. The van der Waals surface area contributed by atoms with Gasteiger partial charge in [-0.05, 0) is 29.3 Å². The van der Waals surface area contributed by atoms with E-state index in [0.29, 0.717) is 17.9 Å². The number of nitrogens with zero attached hydrogens (tertiary/aromatic N) is 3. The molecule has 0 aliphatic heterocycles. The van der Waals surface area contributed by atoms with Gasteiger partial charge in [0.05, 0.1) is 12.1 Å². The van der Waals surface area contributed by atoms with E-state index >= 15 is 0 Å². The lowest BCUT2D eigenvalue weighted by molar-refractivity contribution is 0.0853. The van der Waals surface area contributed by atoms with Crippen LogP contribution < -0.4 is 5.32 Å². The lowest BCUT2D eigenvalue weighted by atomic mass is 10.1. The fourth-order valence-electron chi connectivity index (χ4n) is 3.04. The van der Waals surface area contributed by atoms with Crippen LogP contribution in [0.25, 0.3) is 5.82 Å². The van der Waals surface area contributed by atoms with Gasteiger partial charge in [-0.15, -0.1) is 0 Å². The highest BCUT2D eigenvalue weighted by Crippen LogP contribution is 2.31. The molecule has 1 aromatic carbocycles. The first kappa shape index (κ1) is 14.6. The number of nitrogens with one attached hydrogen (secondary N) is 1. The van der Waals surface area contributed by atoms with Gasteiger partial charge in [0.15, 0.2) is 5.82 Å². The number of aliphatic hydroxyl groups is 1. The second kappa shape index (κ2) is 5.90. The zero-order chi connectivity index (χ0) is 16.5. The lowest BCUT2D eigenvalue weighted by Gasteiger charge is -2.17. The second-order valence-electron chi connectivity index (χ2n) is 5.75. The van der Waals surface area contributed by atoms with Crippen molar-refractivity contribution in [2.45, 2.75) is 18.6 Å². The molecule has 6 nitrogen and oxygen atoms in total. The molecule has 24 heavy (non-hydrogen) atoms. The summed E-state index contributed by atoms with van der Waals surface area (Å²) in [6.07, 6.45) is 3.34. The van der Waals surface area contributed by atoms with Gasteiger partial charge in [0, 0.05) is 18.8 Å². The summed E-state index contributed by atoms with van der Waals surface area (Å²) in [6.45, 7) is 0. The summed E-state index contributed by atoms with van der Waals surface area (Å²) in [7, 11) is 0.